The summed E-state index contributed by atoms with van der Waals surface area (Å²) in [5.41, 5.74) is 6.75. The quantitative estimate of drug-likeness (QED) is 0.395. The van der Waals surface area contributed by atoms with Crippen LogP contribution in [0.4, 0.5) is 31.9 Å². The van der Waals surface area contributed by atoms with E-state index in [4.69, 9.17) is 22.1 Å². The Kier molecular flexibility index (Phi) is 9.61. The van der Waals surface area contributed by atoms with E-state index in [1.54, 1.807) is 12.1 Å². The number of amides is 1. The van der Waals surface area contributed by atoms with Crippen molar-refractivity contribution in [2.45, 2.75) is 57.2 Å². The number of nitrogens with zero attached hydrogens (tertiary/aromatic N) is 5. The number of likely N-dealkylation sites (N-methyl/N-ethyl adjacent to an activating group) is 1. The van der Waals surface area contributed by atoms with Gasteiger partial charge in [-0.05, 0) is 44.9 Å². The molecule has 3 heterocycles. The van der Waals surface area contributed by atoms with E-state index in [2.05, 4.69) is 42.3 Å². The molecule has 13 heteroatoms. The van der Waals surface area contributed by atoms with Crippen molar-refractivity contribution >= 4 is 40.6 Å². The predicted octanol–water partition coefficient (Wildman–Crippen LogP) is 4.15. The van der Waals surface area contributed by atoms with Crippen molar-refractivity contribution in [2.24, 2.45) is 11.7 Å². The number of hydrogen-bond acceptors (Lipinski definition) is 9. The van der Waals surface area contributed by atoms with Crippen LogP contribution in [0.1, 0.15) is 38.5 Å². The summed E-state index contributed by atoms with van der Waals surface area (Å²) in [5.74, 6) is -0.172. The highest BCUT2D eigenvalue weighted by molar-refractivity contribution is 6.32. The zero-order valence-electron chi connectivity index (χ0n) is 23.4. The van der Waals surface area contributed by atoms with Crippen molar-refractivity contribution in [3.05, 3.63) is 29.4 Å². The number of hydrogen-bond donors (Lipinski definition) is 3. The van der Waals surface area contributed by atoms with Crippen LogP contribution in [0.2, 0.25) is 5.02 Å². The number of piperidine rings is 1. The monoisotopic (exact) mass is 592 g/mol. The molecule has 2 aliphatic heterocycles. The van der Waals surface area contributed by atoms with Crippen LogP contribution < -0.4 is 26.0 Å². The molecule has 1 amide bonds. The van der Waals surface area contributed by atoms with Crippen molar-refractivity contribution in [2.75, 3.05) is 61.8 Å². The number of aromatic nitrogens is 2. The molecule has 1 aromatic carbocycles. The summed E-state index contributed by atoms with van der Waals surface area (Å²) < 4.78 is 31.7. The van der Waals surface area contributed by atoms with E-state index in [9.17, 15) is 13.6 Å². The molecule has 224 valence electrons. The summed E-state index contributed by atoms with van der Waals surface area (Å²) in [4.78, 5) is 27.8. The van der Waals surface area contributed by atoms with Gasteiger partial charge in [0.1, 0.15) is 5.02 Å². The van der Waals surface area contributed by atoms with Gasteiger partial charge in [0.2, 0.25) is 11.9 Å². The van der Waals surface area contributed by atoms with Gasteiger partial charge < -0.3 is 30.9 Å². The Bertz CT molecular complexity index is 1190. The highest BCUT2D eigenvalue weighted by Crippen LogP contribution is 2.35. The Morgan fingerprint density at radius 1 is 1.10 bits per heavy atom. The van der Waals surface area contributed by atoms with E-state index in [0.717, 1.165) is 77.1 Å². The van der Waals surface area contributed by atoms with Crippen LogP contribution in [0, 0.1) is 5.92 Å². The molecule has 2 atom stereocenters. The number of benzene rings is 1. The van der Waals surface area contributed by atoms with Crippen LogP contribution in [0.5, 0.6) is 5.75 Å². The first-order valence-corrected chi connectivity index (χ1v) is 14.8. The fraction of sp³-hybridized carbons (Fsp3) is 0.607. The number of rotatable bonds is 9. The number of carbonyl (C=O) groups is 1. The summed E-state index contributed by atoms with van der Waals surface area (Å²) >= 11 is 6.35. The Balaban J connectivity index is 1.27. The van der Waals surface area contributed by atoms with Gasteiger partial charge in [-0.3, -0.25) is 9.69 Å². The maximum absolute atomic E-state index is 13.4. The molecule has 2 aromatic rings. The molecule has 3 fully saturated rings. The largest absolute Gasteiger partial charge is 0.433 e. The normalized spacial score (nSPS) is 23.0. The number of anilines is 4. The molecule has 0 spiro atoms. The van der Waals surface area contributed by atoms with Gasteiger partial charge >= 0.3 is 6.61 Å². The molecule has 5 rings (SSSR count). The molecule has 0 radical (unpaired) electrons. The van der Waals surface area contributed by atoms with Gasteiger partial charge in [0.15, 0.2) is 11.6 Å². The SMILES string of the molecule is CN1CCN(C2CCN(c3ccc(Nc4ncc(Cl)c(N[C@@H]5CCCCC5C(N)=O)n4)c(OC(F)F)c3)CC2)CC1. The second kappa shape index (κ2) is 13.3. The van der Waals surface area contributed by atoms with Gasteiger partial charge in [0.05, 0.1) is 17.8 Å². The lowest BCUT2D eigenvalue weighted by Gasteiger charge is -2.42. The second-order valence-electron chi connectivity index (χ2n) is 11.2. The molecular weight excluding hydrogens is 554 g/mol. The Morgan fingerprint density at radius 3 is 2.54 bits per heavy atom. The van der Waals surface area contributed by atoms with E-state index in [1.807, 2.05) is 6.07 Å². The van der Waals surface area contributed by atoms with Crippen molar-refractivity contribution in [1.82, 2.24) is 19.8 Å². The summed E-state index contributed by atoms with van der Waals surface area (Å²) in [5, 5.41) is 6.53. The molecule has 0 bridgehead atoms. The Morgan fingerprint density at radius 2 is 1.83 bits per heavy atom. The third kappa shape index (κ3) is 7.47. The maximum Gasteiger partial charge on any atom is 0.387 e. The van der Waals surface area contributed by atoms with Crippen LogP contribution in [-0.4, -0.2) is 90.7 Å². The lowest BCUT2D eigenvalue weighted by atomic mass is 9.84. The number of piperazine rings is 1. The third-order valence-electron chi connectivity index (χ3n) is 8.51. The summed E-state index contributed by atoms with van der Waals surface area (Å²) in [6.45, 7) is 3.06. The van der Waals surface area contributed by atoms with Crippen LogP contribution in [0.25, 0.3) is 0 Å². The number of alkyl halides is 2. The number of carbonyl (C=O) groups excluding carboxylic acids is 1. The van der Waals surface area contributed by atoms with E-state index in [1.165, 1.54) is 6.20 Å². The molecule has 1 aromatic heterocycles. The molecule has 3 aliphatic rings. The minimum atomic E-state index is -2.99. The fourth-order valence-corrected chi connectivity index (χ4v) is 6.30. The van der Waals surface area contributed by atoms with Gasteiger partial charge in [0.25, 0.3) is 0 Å². The molecular formula is C28H39ClF2N8O2. The zero-order valence-corrected chi connectivity index (χ0v) is 24.1. The zero-order chi connectivity index (χ0) is 28.9. The number of nitrogens with one attached hydrogen (secondary N) is 2. The summed E-state index contributed by atoms with van der Waals surface area (Å²) in [7, 11) is 2.16. The first kappa shape index (κ1) is 29.5. The second-order valence-corrected chi connectivity index (χ2v) is 11.6. The maximum atomic E-state index is 13.4. The van der Waals surface area contributed by atoms with Gasteiger partial charge in [-0.25, -0.2) is 4.98 Å². The fourth-order valence-electron chi connectivity index (χ4n) is 6.15. The average Bonchev–Trinajstić information content (AvgIpc) is 2.96. The Hall–Kier alpha value is -2.96. The number of nitrogens with two attached hydrogens (primary N) is 1. The molecule has 10 nitrogen and oxygen atoms in total. The average molecular weight is 593 g/mol. The molecule has 1 unspecified atom stereocenters. The van der Waals surface area contributed by atoms with E-state index >= 15 is 0 Å². The van der Waals surface area contributed by atoms with Crippen LogP contribution in [0.3, 0.4) is 0 Å². The van der Waals surface area contributed by atoms with Crippen LogP contribution in [-0.2, 0) is 4.79 Å². The van der Waals surface area contributed by atoms with E-state index in [0.29, 0.717) is 24.0 Å². The lowest BCUT2D eigenvalue weighted by molar-refractivity contribution is -0.122. The highest BCUT2D eigenvalue weighted by atomic mass is 35.5. The molecule has 4 N–H and O–H groups in total. The lowest BCUT2D eigenvalue weighted by Crippen LogP contribution is -2.52. The van der Waals surface area contributed by atoms with E-state index in [-0.39, 0.29) is 34.6 Å². The Labute approximate surface area is 244 Å². The van der Waals surface area contributed by atoms with Gasteiger partial charge in [-0.1, -0.05) is 24.4 Å². The molecule has 1 saturated carbocycles. The van der Waals surface area contributed by atoms with Crippen molar-refractivity contribution in [3.8, 4) is 5.75 Å². The molecule has 2 saturated heterocycles. The predicted molar refractivity (Wildman–Crippen MR) is 156 cm³/mol. The topological polar surface area (TPSA) is 112 Å². The summed E-state index contributed by atoms with van der Waals surface area (Å²) in [6.07, 6.45) is 6.85. The van der Waals surface area contributed by atoms with Gasteiger partial charge in [-0.15, -0.1) is 0 Å². The number of primary amides is 1. The summed E-state index contributed by atoms with van der Waals surface area (Å²) in [6, 6.07) is 5.59. The minimum Gasteiger partial charge on any atom is -0.433 e. The van der Waals surface area contributed by atoms with Crippen LogP contribution >= 0.6 is 11.6 Å². The smallest absolute Gasteiger partial charge is 0.387 e. The van der Waals surface area contributed by atoms with Crippen molar-refractivity contribution in [1.29, 1.82) is 0 Å². The number of ether oxygens (including phenoxy) is 1. The standard InChI is InChI=1S/C28H39ClF2N8O2/c1-37-12-14-39(15-13-37)18-8-10-38(11-9-18)19-6-7-23(24(16-19)41-27(30)31)35-28-33-17-21(29)26(36-28)34-22-5-3-2-4-20(22)25(32)40/h6-7,16-18,20,22,27H,2-5,8-15H2,1H3,(H2,32,40)(H2,33,34,35,36)/t20?,22-/m1/s1. The van der Waals surface area contributed by atoms with Crippen LogP contribution in [0.15, 0.2) is 24.4 Å². The highest BCUT2D eigenvalue weighted by Gasteiger charge is 2.30. The third-order valence-corrected chi connectivity index (χ3v) is 8.79. The first-order chi connectivity index (χ1) is 19.8. The minimum absolute atomic E-state index is 0.00724. The van der Waals surface area contributed by atoms with Gasteiger partial charge in [0, 0.05) is 63.1 Å². The van der Waals surface area contributed by atoms with Crippen molar-refractivity contribution in [3.63, 3.8) is 0 Å². The number of halogens is 3. The van der Waals surface area contributed by atoms with E-state index < -0.39 is 6.61 Å². The molecule has 41 heavy (non-hydrogen) atoms. The van der Waals surface area contributed by atoms with Crippen molar-refractivity contribution < 1.29 is 18.3 Å². The van der Waals surface area contributed by atoms with Gasteiger partial charge in [-0.2, -0.15) is 13.8 Å². The molecule has 1 aliphatic carbocycles. The first-order valence-electron chi connectivity index (χ1n) is 14.4.